The lowest BCUT2D eigenvalue weighted by Crippen LogP contribution is -2.22. The summed E-state index contributed by atoms with van der Waals surface area (Å²) >= 11 is 0. The molecule has 1 aromatic heterocycles. The fourth-order valence-electron chi connectivity index (χ4n) is 1.56. The SMILES string of the molecule is Cc1cc(N2CC[C@H](O)C2)ncn1. The Balaban J connectivity index is 2.16. The summed E-state index contributed by atoms with van der Waals surface area (Å²) in [7, 11) is 0. The lowest BCUT2D eigenvalue weighted by molar-refractivity contribution is 0.198. The second-order valence-corrected chi connectivity index (χ2v) is 3.41. The summed E-state index contributed by atoms with van der Waals surface area (Å²) in [5.41, 5.74) is 0.964. The van der Waals surface area contributed by atoms with Crippen molar-refractivity contribution in [3.63, 3.8) is 0 Å². The summed E-state index contributed by atoms with van der Waals surface area (Å²) in [6.07, 6.45) is 2.20. The van der Waals surface area contributed by atoms with Crippen LogP contribution in [-0.4, -0.2) is 34.3 Å². The van der Waals surface area contributed by atoms with Crippen molar-refractivity contribution in [1.82, 2.24) is 9.97 Å². The van der Waals surface area contributed by atoms with Gasteiger partial charge in [-0.15, -0.1) is 0 Å². The van der Waals surface area contributed by atoms with Crippen molar-refractivity contribution < 1.29 is 5.11 Å². The average molecular weight is 179 g/mol. The van der Waals surface area contributed by atoms with Gasteiger partial charge in [0.2, 0.25) is 0 Å². The van der Waals surface area contributed by atoms with Crippen LogP contribution < -0.4 is 4.90 Å². The highest BCUT2D eigenvalue weighted by atomic mass is 16.3. The van der Waals surface area contributed by atoms with Crippen LogP contribution in [0.1, 0.15) is 12.1 Å². The van der Waals surface area contributed by atoms with Crippen LogP contribution in [0, 0.1) is 6.92 Å². The summed E-state index contributed by atoms with van der Waals surface area (Å²) in [5.74, 6) is 0.920. The molecule has 0 amide bonds. The Morgan fingerprint density at radius 1 is 1.54 bits per heavy atom. The van der Waals surface area contributed by atoms with Gasteiger partial charge in [0.1, 0.15) is 12.1 Å². The lowest BCUT2D eigenvalue weighted by Gasteiger charge is -2.15. The summed E-state index contributed by atoms with van der Waals surface area (Å²) in [4.78, 5) is 10.3. The van der Waals surface area contributed by atoms with Gasteiger partial charge in [-0.25, -0.2) is 9.97 Å². The van der Waals surface area contributed by atoms with E-state index in [1.165, 1.54) is 0 Å². The van der Waals surface area contributed by atoms with Gasteiger partial charge in [0, 0.05) is 24.8 Å². The monoisotopic (exact) mass is 179 g/mol. The molecule has 70 valence electrons. The van der Waals surface area contributed by atoms with Crippen LogP contribution in [0.2, 0.25) is 0 Å². The number of aryl methyl sites for hydroxylation is 1. The molecule has 4 nitrogen and oxygen atoms in total. The molecule has 0 bridgehead atoms. The molecule has 1 fully saturated rings. The Labute approximate surface area is 77.2 Å². The topological polar surface area (TPSA) is 49.2 Å². The van der Waals surface area contributed by atoms with Crippen molar-refractivity contribution in [1.29, 1.82) is 0 Å². The van der Waals surface area contributed by atoms with E-state index in [1.807, 2.05) is 13.0 Å². The Hall–Kier alpha value is -1.16. The maximum Gasteiger partial charge on any atom is 0.132 e. The quantitative estimate of drug-likeness (QED) is 0.676. The summed E-state index contributed by atoms with van der Waals surface area (Å²) in [6, 6.07) is 1.94. The fraction of sp³-hybridized carbons (Fsp3) is 0.556. The van der Waals surface area contributed by atoms with E-state index in [1.54, 1.807) is 6.33 Å². The highest BCUT2D eigenvalue weighted by Crippen LogP contribution is 2.17. The van der Waals surface area contributed by atoms with Gasteiger partial charge < -0.3 is 10.0 Å². The molecular formula is C9H13N3O. The van der Waals surface area contributed by atoms with Gasteiger partial charge in [-0.05, 0) is 13.3 Å². The van der Waals surface area contributed by atoms with Gasteiger partial charge in [-0.2, -0.15) is 0 Å². The molecule has 1 saturated heterocycles. The molecule has 13 heavy (non-hydrogen) atoms. The molecular weight excluding hydrogens is 166 g/mol. The number of aromatic nitrogens is 2. The molecule has 1 atom stereocenters. The molecule has 0 radical (unpaired) electrons. The number of β-amino-alcohol motifs (C(OH)–C–C–N with tert-alkyl or cyclic N) is 1. The van der Waals surface area contributed by atoms with Crippen molar-refractivity contribution in [3.05, 3.63) is 18.1 Å². The number of aliphatic hydroxyl groups is 1. The molecule has 0 saturated carbocycles. The number of rotatable bonds is 1. The van der Waals surface area contributed by atoms with E-state index in [2.05, 4.69) is 14.9 Å². The maximum atomic E-state index is 9.35. The summed E-state index contributed by atoms with van der Waals surface area (Å²) in [5, 5.41) is 9.35. The van der Waals surface area contributed by atoms with Crippen LogP contribution >= 0.6 is 0 Å². The van der Waals surface area contributed by atoms with Crippen molar-refractivity contribution in [2.24, 2.45) is 0 Å². The first-order valence-electron chi connectivity index (χ1n) is 4.47. The van der Waals surface area contributed by atoms with E-state index in [0.29, 0.717) is 6.54 Å². The zero-order valence-electron chi connectivity index (χ0n) is 7.64. The second-order valence-electron chi connectivity index (χ2n) is 3.41. The molecule has 0 unspecified atom stereocenters. The van der Waals surface area contributed by atoms with Crippen molar-refractivity contribution in [2.45, 2.75) is 19.4 Å². The number of nitrogens with zero attached hydrogens (tertiary/aromatic N) is 3. The van der Waals surface area contributed by atoms with Gasteiger partial charge in [-0.3, -0.25) is 0 Å². The smallest absolute Gasteiger partial charge is 0.132 e. The van der Waals surface area contributed by atoms with Crippen molar-refractivity contribution >= 4 is 5.82 Å². The van der Waals surface area contributed by atoms with Crippen molar-refractivity contribution in [3.8, 4) is 0 Å². The van der Waals surface area contributed by atoms with Gasteiger partial charge >= 0.3 is 0 Å². The van der Waals surface area contributed by atoms with Crippen LogP contribution in [-0.2, 0) is 0 Å². The lowest BCUT2D eigenvalue weighted by atomic mass is 10.3. The van der Waals surface area contributed by atoms with Gasteiger partial charge in [0.25, 0.3) is 0 Å². The first-order valence-corrected chi connectivity index (χ1v) is 4.47. The summed E-state index contributed by atoms with van der Waals surface area (Å²) in [6.45, 7) is 3.52. The molecule has 0 aromatic carbocycles. The molecule has 4 heteroatoms. The Kier molecular flexibility index (Phi) is 2.14. The second kappa shape index (κ2) is 3.30. The molecule has 1 N–H and O–H groups in total. The number of hydrogen-bond acceptors (Lipinski definition) is 4. The number of hydrogen-bond donors (Lipinski definition) is 1. The van der Waals surface area contributed by atoms with Crippen LogP contribution in [0.5, 0.6) is 0 Å². The third-order valence-electron chi connectivity index (χ3n) is 2.28. The first kappa shape index (κ1) is 8.44. The predicted octanol–water partition coefficient (Wildman–Crippen LogP) is 0.356. The van der Waals surface area contributed by atoms with E-state index in [-0.39, 0.29) is 6.10 Å². The minimum atomic E-state index is -0.199. The van der Waals surface area contributed by atoms with E-state index in [0.717, 1.165) is 24.5 Å². The third kappa shape index (κ3) is 1.78. The normalized spacial score (nSPS) is 22.3. The Bertz CT molecular complexity index is 303. The number of anilines is 1. The summed E-state index contributed by atoms with van der Waals surface area (Å²) < 4.78 is 0. The zero-order valence-corrected chi connectivity index (χ0v) is 7.64. The molecule has 2 rings (SSSR count). The highest BCUT2D eigenvalue weighted by Gasteiger charge is 2.21. The molecule has 1 aliphatic heterocycles. The van der Waals surface area contributed by atoms with Gasteiger partial charge in [0.15, 0.2) is 0 Å². The van der Waals surface area contributed by atoms with Crippen LogP contribution in [0.15, 0.2) is 12.4 Å². The van der Waals surface area contributed by atoms with E-state index < -0.39 is 0 Å². The standard InChI is InChI=1S/C9H13N3O/c1-7-4-9(11-6-10-7)12-3-2-8(13)5-12/h4,6,8,13H,2-3,5H2,1H3/t8-/m0/s1. The molecule has 1 aromatic rings. The van der Waals surface area contributed by atoms with Crippen LogP contribution in [0.4, 0.5) is 5.82 Å². The zero-order chi connectivity index (χ0) is 9.26. The Morgan fingerprint density at radius 2 is 2.38 bits per heavy atom. The third-order valence-corrected chi connectivity index (χ3v) is 2.28. The van der Waals surface area contributed by atoms with E-state index >= 15 is 0 Å². The maximum absolute atomic E-state index is 9.35. The molecule has 2 heterocycles. The molecule has 0 spiro atoms. The minimum Gasteiger partial charge on any atom is -0.391 e. The van der Waals surface area contributed by atoms with Crippen LogP contribution in [0.25, 0.3) is 0 Å². The van der Waals surface area contributed by atoms with Gasteiger partial charge in [-0.1, -0.05) is 0 Å². The van der Waals surface area contributed by atoms with Gasteiger partial charge in [0.05, 0.1) is 6.10 Å². The van der Waals surface area contributed by atoms with E-state index in [4.69, 9.17) is 0 Å². The largest absolute Gasteiger partial charge is 0.391 e. The van der Waals surface area contributed by atoms with Crippen molar-refractivity contribution in [2.75, 3.05) is 18.0 Å². The minimum absolute atomic E-state index is 0.199. The predicted molar refractivity (Wildman–Crippen MR) is 49.6 cm³/mol. The van der Waals surface area contributed by atoms with E-state index in [9.17, 15) is 5.11 Å². The highest BCUT2D eigenvalue weighted by molar-refractivity contribution is 5.39. The Morgan fingerprint density at radius 3 is 3.00 bits per heavy atom. The average Bonchev–Trinajstić information content (AvgIpc) is 2.52. The fourth-order valence-corrected chi connectivity index (χ4v) is 1.56. The molecule has 0 aliphatic carbocycles. The molecule has 1 aliphatic rings. The first-order chi connectivity index (χ1) is 6.25. The van der Waals surface area contributed by atoms with Crippen LogP contribution in [0.3, 0.4) is 0 Å². The number of aliphatic hydroxyl groups excluding tert-OH is 1.